The fourth-order valence-corrected chi connectivity index (χ4v) is 1.14. The number of allylic oxidation sites excluding steroid dienone is 4. The van der Waals surface area contributed by atoms with Crippen molar-refractivity contribution in [3.8, 4) is 24.3 Å². The Balaban J connectivity index is 3.21. The predicted molar refractivity (Wildman–Crippen MR) is 45.7 cm³/mol. The van der Waals surface area contributed by atoms with E-state index in [-0.39, 0.29) is 17.6 Å². The van der Waals surface area contributed by atoms with Crippen LogP contribution >= 0.6 is 0 Å². The SMILES string of the molecule is N#CC1=C(C#N)CC(C#N)(C#N)C=C1. The van der Waals surface area contributed by atoms with E-state index >= 15 is 0 Å². The fraction of sp³-hybridized carbons (Fsp3) is 0.200. The Morgan fingerprint density at radius 1 is 1.07 bits per heavy atom. The van der Waals surface area contributed by atoms with E-state index in [1.165, 1.54) is 12.2 Å². The molecule has 0 fully saturated rings. The van der Waals surface area contributed by atoms with Crippen molar-refractivity contribution in [2.45, 2.75) is 6.42 Å². The number of rotatable bonds is 0. The second-order valence-electron chi connectivity index (χ2n) is 2.82. The second kappa shape index (κ2) is 3.44. The van der Waals surface area contributed by atoms with E-state index in [1.54, 1.807) is 0 Å². The van der Waals surface area contributed by atoms with Crippen molar-refractivity contribution >= 4 is 0 Å². The third-order valence-electron chi connectivity index (χ3n) is 1.97. The Labute approximate surface area is 81.2 Å². The molecule has 4 heteroatoms. The van der Waals surface area contributed by atoms with Crippen molar-refractivity contribution in [1.29, 1.82) is 21.0 Å². The van der Waals surface area contributed by atoms with E-state index in [1.807, 2.05) is 24.3 Å². The van der Waals surface area contributed by atoms with Crippen LogP contribution in [0.15, 0.2) is 23.3 Å². The maximum Gasteiger partial charge on any atom is 0.166 e. The molecule has 4 nitrogen and oxygen atoms in total. The summed E-state index contributed by atoms with van der Waals surface area (Å²) in [5.74, 6) is 0. The normalized spacial score (nSPS) is 17.4. The van der Waals surface area contributed by atoms with Gasteiger partial charge in [-0.1, -0.05) is 0 Å². The second-order valence-corrected chi connectivity index (χ2v) is 2.82. The third-order valence-corrected chi connectivity index (χ3v) is 1.97. The molecule has 64 valence electrons. The fourth-order valence-electron chi connectivity index (χ4n) is 1.14. The largest absolute Gasteiger partial charge is 0.196 e. The highest BCUT2D eigenvalue weighted by Crippen LogP contribution is 2.32. The van der Waals surface area contributed by atoms with Crippen LogP contribution < -0.4 is 0 Å². The van der Waals surface area contributed by atoms with Crippen molar-refractivity contribution in [2.75, 3.05) is 0 Å². The monoisotopic (exact) mass is 180 g/mol. The van der Waals surface area contributed by atoms with Gasteiger partial charge in [0.2, 0.25) is 0 Å². The number of nitrogens with zero attached hydrogens (tertiary/aromatic N) is 4. The number of hydrogen-bond acceptors (Lipinski definition) is 4. The molecule has 0 aromatic heterocycles. The third kappa shape index (κ3) is 1.34. The highest BCUT2D eigenvalue weighted by Gasteiger charge is 2.32. The van der Waals surface area contributed by atoms with Gasteiger partial charge >= 0.3 is 0 Å². The summed E-state index contributed by atoms with van der Waals surface area (Å²) in [6, 6.07) is 7.34. The Hall–Kier alpha value is -2.56. The molecule has 14 heavy (non-hydrogen) atoms. The van der Waals surface area contributed by atoms with E-state index < -0.39 is 5.41 Å². The molecule has 1 rings (SSSR count). The van der Waals surface area contributed by atoms with Crippen LogP contribution in [0.4, 0.5) is 0 Å². The summed E-state index contributed by atoms with van der Waals surface area (Å²) in [7, 11) is 0. The van der Waals surface area contributed by atoms with Crippen molar-refractivity contribution in [1.82, 2.24) is 0 Å². The zero-order valence-corrected chi connectivity index (χ0v) is 7.15. The van der Waals surface area contributed by atoms with Crippen LogP contribution in [-0.2, 0) is 0 Å². The Bertz CT molecular complexity index is 468. The Morgan fingerprint density at radius 3 is 2.14 bits per heavy atom. The summed E-state index contributed by atoms with van der Waals surface area (Å²) in [6.07, 6.45) is 2.72. The van der Waals surface area contributed by atoms with E-state index in [2.05, 4.69) is 0 Å². The molecule has 1 aliphatic carbocycles. The van der Waals surface area contributed by atoms with Crippen LogP contribution in [0.5, 0.6) is 0 Å². The van der Waals surface area contributed by atoms with E-state index in [0.29, 0.717) is 0 Å². The Morgan fingerprint density at radius 2 is 1.71 bits per heavy atom. The molecule has 0 atom stereocenters. The van der Waals surface area contributed by atoms with E-state index in [9.17, 15) is 0 Å². The minimum absolute atomic E-state index is 0.00407. The smallest absolute Gasteiger partial charge is 0.166 e. The highest BCUT2D eigenvalue weighted by atomic mass is 14.4. The molecule has 0 aliphatic heterocycles. The summed E-state index contributed by atoms with van der Waals surface area (Å²) in [5, 5.41) is 34.9. The van der Waals surface area contributed by atoms with E-state index in [4.69, 9.17) is 21.0 Å². The standard InChI is InChI=1S/C10H4N4/c11-4-8-1-2-10(6-13,7-14)3-9(8)5-12/h1-2H,3H2. The molecule has 0 radical (unpaired) electrons. The highest BCUT2D eigenvalue weighted by molar-refractivity contribution is 5.51. The van der Waals surface area contributed by atoms with Gasteiger partial charge in [0, 0.05) is 6.42 Å². The lowest BCUT2D eigenvalue weighted by Crippen LogP contribution is -2.17. The minimum Gasteiger partial charge on any atom is -0.196 e. The van der Waals surface area contributed by atoms with E-state index in [0.717, 1.165) is 0 Å². The number of hydrogen-bond donors (Lipinski definition) is 0. The van der Waals surface area contributed by atoms with Gasteiger partial charge in [-0.2, -0.15) is 21.0 Å². The summed E-state index contributed by atoms with van der Waals surface area (Å²) < 4.78 is 0. The summed E-state index contributed by atoms with van der Waals surface area (Å²) in [5.41, 5.74) is -0.863. The van der Waals surface area contributed by atoms with Gasteiger partial charge in [-0.25, -0.2) is 0 Å². The molecule has 0 N–H and O–H groups in total. The quantitative estimate of drug-likeness (QED) is 0.561. The van der Waals surface area contributed by atoms with Crippen molar-refractivity contribution in [3.05, 3.63) is 23.3 Å². The average Bonchev–Trinajstić information content (AvgIpc) is 2.28. The lowest BCUT2D eigenvalue weighted by Gasteiger charge is -2.16. The van der Waals surface area contributed by atoms with Crippen LogP contribution in [0.3, 0.4) is 0 Å². The van der Waals surface area contributed by atoms with Crippen molar-refractivity contribution in [2.24, 2.45) is 5.41 Å². The first kappa shape index (κ1) is 9.53. The molecule has 0 unspecified atom stereocenters. The molecule has 0 heterocycles. The van der Waals surface area contributed by atoms with Crippen LogP contribution in [-0.4, -0.2) is 0 Å². The van der Waals surface area contributed by atoms with Gasteiger partial charge in [0.25, 0.3) is 0 Å². The van der Waals surface area contributed by atoms with Crippen LogP contribution in [0, 0.1) is 50.7 Å². The molecule has 1 aliphatic rings. The molecule has 0 aromatic rings. The molecule has 0 spiro atoms. The zero-order chi connectivity index (χ0) is 10.6. The molecule has 0 bridgehead atoms. The maximum atomic E-state index is 8.78. The first-order valence-corrected chi connectivity index (χ1v) is 3.76. The first-order chi connectivity index (χ1) is 6.71. The molecular formula is C10H4N4. The summed E-state index contributed by atoms with van der Waals surface area (Å²) >= 11 is 0. The molecule has 0 saturated heterocycles. The van der Waals surface area contributed by atoms with Crippen molar-refractivity contribution in [3.63, 3.8) is 0 Å². The van der Waals surface area contributed by atoms with Gasteiger partial charge in [-0.3, -0.25) is 0 Å². The van der Waals surface area contributed by atoms with Crippen molar-refractivity contribution < 1.29 is 0 Å². The summed E-state index contributed by atoms with van der Waals surface area (Å²) in [6.45, 7) is 0. The van der Waals surface area contributed by atoms with Gasteiger partial charge in [0.1, 0.15) is 6.07 Å². The summed E-state index contributed by atoms with van der Waals surface area (Å²) in [4.78, 5) is 0. The molecular weight excluding hydrogens is 176 g/mol. The van der Waals surface area contributed by atoms with Crippen LogP contribution in [0.2, 0.25) is 0 Å². The van der Waals surface area contributed by atoms with Gasteiger partial charge < -0.3 is 0 Å². The molecule has 0 aromatic carbocycles. The molecule has 0 saturated carbocycles. The van der Waals surface area contributed by atoms with Gasteiger partial charge in [-0.15, -0.1) is 0 Å². The van der Waals surface area contributed by atoms with Gasteiger partial charge in [-0.05, 0) is 12.2 Å². The topological polar surface area (TPSA) is 95.2 Å². The minimum atomic E-state index is -1.29. The predicted octanol–water partition coefficient (Wildman–Crippen LogP) is 1.32. The van der Waals surface area contributed by atoms with Gasteiger partial charge in [0.05, 0.1) is 29.4 Å². The van der Waals surface area contributed by atoms with Crippen LogP contribution in [0.25, 0.3) is 0 Å². The average molecular weight is 180 g/mol. The lowest BCUT2D eigenvalue weighted by molar-refractivity contribution is 0.651. The van der Waals surface area contributed by atoms with Gasteiger partial charge in [0.15, 0.2) is 5.41 Å². The Kier molecular flexibility index (Phi) is 2.34. The first-order valence-electron chi connectivity index (χ1n) is 3.76. The lowest BCUT2D eigenvalue weighted by atomic mass is 9.79. The zero-order valence-electron chi connectivity index (χ0n) is 7.15. The van der Waals surface area contributed by atoms with Crippen LogP contribution in [0.1, 0.15) is 6.42 Å². The number of nitriles is 4. The maximum absolute atomic E-state index is 8.78. The molecule has 0 amide bonds.